The monoisotopic (exact) mass is 367 g/mol. The van der Waals surface area contributed by atoms with Gasteiger partial charge in [0.05, 0.1) is 6.54 Å². The summed E-state index contributed by atoms with van der Waals surface area (Å²) in [5.41, 5.74) is 4.28. The molecule has 0 unspecified atom stereocenters. The Balaban J connectivity index is 1.59. The molecule has 0 amide bonds. The second-order valence-corrected chi connectivity index (χ2v) is 8.12. The van der Waals surface area contributed by atoms with Crippen molar-refractivity contribution in [3.8, 4) is 0 Å². The Morgan fingerprint density at radius 2 is 1.93 bits per heavy atom. The number of benzene rings is 1. The summed E-state index contributed by atoms with van der Waals surface area (Å²) in [6.07, 6.45) is 3.21. The van der Waals surface area contributed by atoms with Crippen LogP contribution in [0.25, 0.3) is 0 Å². The third kappa shape index (κ3) is 4.53. The standard InChI is InChI=1S/C22H33N5/c1-22(2,27-14-12-18-9-6-7-10-19(18)15-27)17-24-21(23-3)26(5)16-20-11-8-13-25(20)4/h6-11,13H,12,14-17H2,1-5H3,(H,23,24). The van der Waals surface area contributed by atoms with Crippen molar-refractivity contribution >= 4 is 5.96 Å². The summed E-state index contributed by atoms with van der Waals surface area (Å²) in [5.74, 6) is 0.932. The smallest absolute Gasteiger partial charge is 0.193 e. The van der Waals surface area contributed by atoms with Gasteiger partial charge in [-0.25, -0.2) is 0 Å². The van der Waals surface area contributed by atoms with E-state index >= 15 is 0 Å². The molecule has 0 saturated carbocycles. The molecular formula is C22H33N5. The highest BCUT2D eigenvalue weighted by molar-refractivity contribution is 5.79. The van der Waals surface area contributed by atoms with Gasteiger partial charge in [-0.15, -0.1) is 0 Å². The van der Waals surface area contributed by atoms with Gasteiger partial charge in [-0.2, -0.15) is 0 Å². The summed E-state index contributed by atoms with van der Waals surface area (Å²) in [6.45, 7) is 8.45. The van der Waals surface area contributed by atoms with Gasteiger partial charge in [0.15, 0.2) is 5.96 Å². The highest BCUT2D eigenvalue weighted by Crippen LogP contribution is 2.25. The number of aliphatic imine (C=N–C) groups is 1. The molecule has 2 aromatic rings. The first-order valence-electron chi connectivity index (χ1n) is 9.74. The molecule has 0 aliphatic carbocycles. The number of guanidine groups is 1. The van der Waals surface area contributed by atoms with Crippen LogP contribution in [0.15, 0.2) is 47.6 Å². The highest BCUT2D eigenvalue weighted by atomic mass is 15.3. The van der Waals surface area contributed by atoms with E-state index in [1.807, 2.05) is 7.05 Å². The Morgan fingerprint density at radius 3 is 2.59 bits per heavy atom. The van der Waals surface area contributed by atoms with E-state index in [1.165, 1.54) is 16.8 Å². The van der Waals surface area contributed by atoms with Gasteiger partial charge in [0.25, 0.3) is 0 Å². The topological polar surface area (TPSA) is 35.8 Å². The first-order chi connectivity index (χ1) is 12.9. The largest absolute Gasteiger partial charge is 0.354 e. The normalized spacial score (nSPS) is 15.5. The SMILES string of the molecule is CN=C(NCC(C)(C)N1CCc2ccccc2C1)N(C)Cc1cccn1C. The van der Waals surface area contributed by atoms with Gasteiger partial charge in [-0.05, 0) is 43.5 Å². The van der Waals surface area contributed by atoms with Crippen molar-refractivity contribution in [2.75, 3.05) is 27.2 Å². The molecule has 2 heterocycles. The molecule has 0 atom stereocenters. The minimum atomic E-state index is 0.0509. The fourth-order valence-corrected chi connectivity index (χ4v) is 3.78. The molecule has 5 nitrogen and oxygen atoms in total. The molecule has 3 rings (SSSR count). The lowest BCUT2D eigenvalue weighted by Crippen LogP contribution is -2.54. The quantitative estimate of drug-likeness (QED) is 0.652. The lowest BCUT2D eigenvalue weighted by atomic mass is 9.94. The van der Waals surface area contributed by atoms with Crippen LogP contribution < -0.4 is 5.32 Å². The maximum absolute atomic E-state index is 4.49. The molecule has 27 heavy (non-hydrogen) atoms. The number of aryl methyl sites for hydroxylation is 1. The minimum Gasteiger partial charge on any atom is -0.354 e. The van der Waals surface area contributed by atoms with Gasteiger partial charge in [0, 0.05) is 58.2 Å². The second kappa shape index (κ2) is 8.17. The van der Waals surface area contributed by atoms with Crippen LogP contribution in [0.1, 0.15) is 30.7 Å². The maximum Gasteiger partial charge on any atom is 0.193 e. The van der Waals surface area contributed by atoms with Crippen molar-refractivity contribution in [3.63, 3.8) is 0 Å². The molecule has 1 aromatic carbocycles. The van der Waals surface area contributed by atoms with Gasteiger partial charge in [-0.1, -0.05) is 24.3 Å². The molecule has 5 heteroatoms. The average Bonchev–Trinajstić information content (AvgIpc) is 3.06. The molecule has 1 aromatic heterocycles. The molecule has 1 aliphatic heterocycles. The van der Waals surface area contributed by atoms with Gasteiger partial charge in [0.1, 0.15) is 0 Å². The Bertz CT molecular complexity index is 790. The lowest BCUT2D eigenvalue weighted by molar-refractivity contribution is 0.106. The van der Waals surface area contributed by atoms with Crippen LogP contribution in [0.2, 0.25) is 0 Å². The lowest BCUT2D eigenvalue weighted by Gasteiger charge is -2.42. The molecule has 0 fully saturated rings. The van der Waals surface area contributed by atoms with E-state index in [9.17, 15) is 0 Å². The minimum absolute atomic E-state index is 0.0509. The summed E-state index contributed by atoms with van der Waals surface area (Å²) >= 11 is 0. The predicted octanol–water partition coefficient (Wildman–Crippen LogP) is 2.87. The third-order valence-corrected chi connectivity index (χ3v) is 5.69. The molecule has 146 valence electrons. The van der Waals surface area contributed by atoms with Crippen molar-refractivity contribution < 1.29 is 0 Å². The van der Waals surface area contributed by atoms with E-state index in [0.29, 0.717) is 0 Å². The molecule has 0 radical (unpaired) electrons. The molecular weight excluding hydrogens is 334 g/mol. The van der Waals surface area contributed by atoms with Crippen LogP contribution in [0.3, 0.4) is 0 Å². The van der Waals surface area contributed by atoms with Crippen LogP contribution in [-0.4, -0.2) is 53.1 Å². The number of rotatable bonds is 5. The van der Waals surface area contributed by atoms with Crippen molar-refractivity contribution in [3.05, 3.63) is 59.4 Å². The van der Waals surface area contributed by atoms with E-state index in [-0.39, 0.29) is 5.54 Å². The Morgan fingerprint density at radius 1 is 1.19 bits per heavy atom. The molecule has 1 aliphatic rings. The summed E-state index contributed by atoms with van der Waals surface area (Å²) in [5, 5.41) is 3.59. The molecule has 1 N–H and O–H groups in total. The van der Waals surface area contributed by atoms with Crippen LogP contribution in [0.5, 0.6) is 0 Å². The third-order valence-electron chi connectivity index (χ3n) is 5.69. The van der Waals surface area contributed by atoms with Gasteiger partial charge < -0.3 is 14.8 Å². The zero-order valence-electron chi connectivity index (χ0n) is 17.4. The fraction of sp³-hybridized carbons (Fsp3) is 0.500. The average molecular weight is 368 g/mol. The maximum atomic E-state index is 4.49. The number of hydrogen-bond acceptors (Lipinski definition) is 2. The zero-order chi connectivity index (χ0) is 19.4. The van der Waals surface area contributed by atoms with Gasteiger partial charge >= 0.3 is 0 Å². The van der Waals surface area contributed by atoms with Crippen LogP contribution in [-0.2, 0) is 26.6 Å². The highest BCUT2D eigenvalue weighted by Gasteiger charge is 2.30. The van der Waals surface area contributed by atoms with Gasteiger partial charge in [0.2, 0.25) is 0 Å². The number of fused-ring (bicyclic) bond motifs is 1. The molecule has 0 saturated heterocycles. The summed E-state index contributed by atoms with van der Waals surface area (Å²) in [6, 6.07) is 13.0. The number of nitrogens with one attached hydrogen (secondary N) is 1. The van der Waals surface area contributed by atoms with Crippen LogP contribution >= 0.6 is 0 Å². The van der Waals surface area contributed by atoms with Crippen molar-refractivity contribution in [2.24, 2.45) is 12.0 Å². The Labute approximate surface area is 163 Å². The van der Waals surface area contributed by atoms with E-state index in [1.54, 1.807) is 0 Å². The fourth-order valence-electron chi connectivity index (χ4n) is 3.78. The summed E-state index contributed by atoms with van der Waals surface area (Å²) in [4.78, 5) is 9.24. The van der Waals surface area contributed by atoms with Crippen LogP contribution in [0, 0.1) is 0 Å². The number of hydrogen-bond donors (Lipinski definition) is 1. The predicted molar refractivity (Wildman–Crippen MR) is 113 cm³/mol. The van der Waals surface area contributed by atoms with Gasteiger partial charge in [-0.3, -0.25) is 9.89 Å². The van der Waals surface area contributed by atoms with Crippen molar-refractivity contribution in [1.29, 1.82) is 0 Å². The van der Waals surface area contributed by atoms with Crippen molar-refractivity contribution in [2.45, 2.75) is 38.9 Å². The second-order valence-electron chi connectivity index (χ2n) is 8.12. The van der Waals surface area contributed by atoms with E-state index < -0.39 is 0 Å². The Kier molecular flexibility index (Phi) is 5.90. The summed E-state index contributed by atoms with van der Waals surface area (Å²) in [7, 11) is 6.02. The first kappa shape index (κ1) is 19.5. The Hall–Kier alpha value is -2.27. The van der Waals surface area contributed by atoms with Crippen molar-refractivity contribution in [1.82, 2.24) is 19.7 Å². The van der Waals surface area contributed by atoms with E-state index in [4.69, 9.17) is 0 Å². The van der Waals surface area contributed by atoms with E-state index in [2.05, 4.69) is 95.2 Å². The molecule has 0 bridgehead atoms. The number of aromatic nitrogens is 1. The molecule has 0 spiro atoms. The zero-order valence-corrected chi connectivity index (χ0v) is 17.4. The van der Waals surface area contributed by atoms with Crippen LogP contribution in [0.4, 0.5) is 0 Å². The first-order valence-corrected chi connectivity index (χ1v) is 9.74. The number of nitrogens with zero attached hydrogens (tertiary/aromatic N) is 4. The summed E-state index contributed by atoms with van der Waals surface area (Å²) < 4.78 is 2.15. The van der Waals surface area contributed by atoms with E-state index in [0.717, 1.165) is 38.6 Å².